The van der Waals surface area contributed by atoms with Crippen LogP contribution in [-0.4, -0.2) is 10.2 Å². The number of anilines is 1. The van der Waals surface area contributed by atoms with Crippen molar-refractivity contribution in [2.75, 3.05) is 5.73 Å². The van der Waals surface area contributed by atoms with Gasteiger partial charge in [0, 0.05) is 5.92 Å². The molecular formula is C8H11N3O. The van der Waals surface area contributed by atoms with Gasteiger partial charge in [0.15, 0.2) is 0 Å². The Morgan fingerprint density at radius 3 is 2.92 bits per heavy atom. The Morgan fingerprint density at radius 1 is 1.42 bits per heavy atom. The third kappa shape index (κ3) is 1.32. The summed E-state index contributed by atoms with van der Waals surface area (Å²) in [5, 5.41) is 7.49. The highest BCUT2D eigenvalue weighted by Gasteiger charge is 2.17. The van der Waals surface area contributed by atoms with Gasteiger partial charge >= 0.3 is 6.01 Å². The summed E-state index contributed by atoms with van der Waals surface area (Å²) < 4.78 is 5.14. The molecule has 0 fully saturated rings. The van der Waals surface area contributed by atoms with Crippen LogP contribution in [0.2, 0.25) is 0 Å². The molecule has 2 rings (SSSR count). The second-order valence-electron chi connectivity index (χ2n) is 2.96. The van der Waals surface area contributed by atoms with Gasteiger partial charge in [-0.05, 0) is 19.3 Å². The molecule has 0 unspecified atom stereocenters. The van der Waals surface area contributed by atoms with Gasteiger partial charge in [-0.3, -0.25) is 0 Å². The first-order valence-electron chi connectivity index (χ1n) is 4.10. The van der Waals surface area contributed by atoms with Gasteiger partial charge in [0.25, 0.3) is 0 Å². The quantitative estimate of drug-likeness (QED) is 0.640. The number of rotatable bonds is 1. The predicted octanol–water partition coefficient (Wildman–Crippen LogP) is 1.48. The SMILES string of the molecule is Nc1nnc([C@H]2CC=CCC2)o1. The Hall–Kier alpha value is -1.32. The number of aromatic nitrogens is 2. The van der Waals surface area contributed by atoms with E-state index in [-0.39, 0.29) is 6.01 Å². The molecule has 0 radical (unpaired) electrons. The van der Waals surface area contributed by atoms with Crippen molar-refractivity contribution in [2.45, 2.75) is 25.2 Å². The molecule has 1 aliphatic carbocycles. The minimum atomic E-state index is 0.166. The molecule has 1 atom stereocenters. The maximum Gasteiger partial charge on any atom is 0.312 e. The molecule has 0 bridgehead atoms. The molecule has 1 aromatic rings. The van der Waals surface area contributed by atoms with Gasteiger partial charge in [0.05, 0.1) is 0 Å². The van der Waals surface area contributed by atoms with Crippen molar-refractivity contribution in [3.05, 3.63) is 18.0 Å². The van der Waals surface area contributed by atoms with Gasteiger partial charge in [0.2, 0.25) is 5.89 Å². The summed E-state index contributed by atoms with van der Waals surface area (Å²) >= 11 is 0. The van der Waals surface area contributed by atoms with Gasteiger partial charge < -0.3 is 10.2 Å². The molecule has 64 valence electrons. The third-order valence-corrected chi connectivity index (χ3v) is 2.07. The Morgan fingerprint density at radius 2 is 2.33 bits per heavy atom. The molecule has 0 saturated carbocycles. The summed E-state index contributed by atoms with van der Waals surface area (Å²) in [5.74, 6) is 1.05. The van der Waals surface area contributed by atoms with E-state index in [1.807, 2.05) is 0 Å². The summed E-state index contributed by atoms with van der Waals surface area (Å²) in [4.78, 5) is 0. The van der Waals surface area contributed by atoms with Crippen molar-refractivity contribution in [3.8, 4) is 0 Å². The van der Waals surface area contributed by atoms with Crippen LogP contribution in [0.5, 0.6) is 0 Å². The minimum absolute atomic E-state index is 0.166. The van der Waals surface area contributed by atoms with Gasteiger partial charge in [0.1, 0.15) is 0 Å². The van der Waals surface area contributed by atoms with Crippen molar-refractivity contribution >= 4 is 6.01 Å². The number of hydrogen-bond acceptors (Lipinski definition) is 4. The molecule has 4 nitrogen and oxygen atoms in total. The van der Waals surface area contributed by atoms with E-state index in [0.717, 1.165) is 19.3 Å². The van der Waals surface area contributed by atoms with Crippen LogP contribution in [0.1, 0.15) is 31.1 Å². The smallest absolute Gasteiger partial charge is 0.312 e. The van der Waals surface area contributed by atoms with Crippen LogP contribution in [0, 0.1) is 0 Å². The van der Waals surface area contributed by atoms with Crippen molar-refractivity contribution in [3.63, 3.8) is 0 Å². The molecule has 1 aliphatic rings. The van der Waals surface area contributed by atoms with Crippen LogP contribution in [0.15, 0.2) is 16.6 Å². The molecule has 2 N–H and O–H groups in total. The van der Waals surface area contributed by atoms with E-state index in [0.29, 0.717) is 11.8 Å². The predicted molar refractivity (Wildman–Crippen MR) is 44.4 cm³/mol. The summed E-state index contributed by atoms with van der Waals surface area (Å²) in [7, 11) is 0. The van der Waals surface area contributed by atoms with Crippen molar-refractivity contribution in [1.82, 2.24) is 10.2 Å². The molecule has 0 aliphatic heterocycles. The largest absolute Gasteiger partial charge is 0.408 e. The van der Waals surface area contributed by atoms with E-state index in [4.69, 9.17) is 10.2 Å². The Balaban J connectivity index is 2.14. The summed E-state index contributed by atoms with van der Waals surface area (Å²) in [5.41, 5.74) is 5.33. The third-order valence-electron chi connectivity index (χ3n) is 2.07. The molecule has 0 amide bonds. The summed E-state index contributed by atoms with van der Waals surface area (Å²) in [6, 6.07) is 0.166. The Labute approximate surface area is 70.5 Å². The van der Waals surface area contributed by atoms with E-state index in [1.165, 1.54) is 0 Å². The van der Waals surface area contributed by atoms with E-state index in [9.17, 15) is 0 Å². The van der Waals surface area contributed by atoms with Gasteiger partial charge in [-0.25, -0.2) is 0 Å². The summed E-state index contributed by atoms with van der Waals surface area (Å²) in [6.45, 7) is 0. The van der Waals surface area contributed by atoms with Crippen LogP contribution >= 0.6 is 0 Å². The highest BCUT2D eigenvalue weighted by Crippen LogP contribution is 2.27. The lowest BCUT2D eigenvalue weighted by molar-refractivity contribution is 0.437. The Bertz CT molecular complexity index is 292. The molecule has 12 heavy (non-hydrogen) atoms. The fourth-order valence-corrected chi connectivity index (χ4v) is 1.43. The zero-order valence-corrected chi connectivity index (χ0v) is 6.73. The zero-order chi connectivity index (χ0) is 8.39. The molecule has 1 heterocycles. The minimum Gasteiger partial charge on any atom is -0.408 e. The van der Waals surface area contributed by atoms with Crippen molar-refractivity contribution in [2.24, 2.45) is 0 Å². The highest BCUT2D eigenvalue weighted by molar-refractivity contribution is 5.09. The topological polar surface area (TPSA) is 64.9 Å². The van der Waals surface area contributed by atoms with Crippen LogP contribution in [-0.2, 0) is 0 Å². The molecule has 4 heteroatoms. The fourth-order valence-electron chi connectivity index (χ4n) is 1.43. The van der Waals surface area contributed by atoms with E-state index in [2.05, 4.69) is 22.3 Å². The lowest BCUT2D eigenvalue weighted by Crippen LogP contribution is -2.00. The molecule has 0 saturated heterocycles. The fraction of sp³-hybridized carbons (Fsp3) is 0.500. The standard InChI is InChI=1S/C8H11N3O/c9-8-11-10-7(12-8)6-4-2-1-3-5-6/h1-2,6H,3-5H2,(H2,9,11)/t6-/m0/s1. The van der Waals surface area contributed by atoms with Gasteiger partial charge in [-0.1, -0.05) is 17.3 Å². The van der Waals surface area contributed by atoms with Crippen LogP contribution in [0.25, 0.3) is 0 Å². The Kier molecular flexibility index (Phi) is 1.81. The lowest BCUT2D eigenvalue weighted by Gasteiger charge is -2.12. The number of nitrogens with two attached hydrogens (primary N) is 1. The monoisotopic (exact) mass is 165 g/mol. The number of nitrogens with zero attached hydrogens (tertiary/aromatic N) is 2. The zero-order valence-electron chi connectivity index (χ0n) is 6.73. The maximum absolute atomic E-state index is 5.33. The molecule has 0 spiro atoms. The number of nitrogen functional groups attached to an aromatic ring is 1. The lowest BCUT2D eigenvalue weighted by atomic mass is 9.95. The van der Waals surface area contributed by atoms with E-state index >= 15 is 0 Å². The van der Waals surface area contributed by atoms with Crippen LogP contribution < -0.4 is 5.73 Å². The van der Waals surface area contributed by atoms with Gasteiger partial charge in [-0.2, -0.15) is 0 Å². The van der Waals surface area contributed by atoms with Crippen LogP contribution in [0.3, 0.4) is 0 Å². The summed E-state index contributed by atoms with van der Waals surface area (Å²) in [6.07, 6.45) is 7.48. The number of hydrogen-bond donors (Lipinski definition) is 1. The van der Waals surface area contributed by atoms with Crippen molar-refractivity contribution in [1.29, 1.82) is 0 Å². The molecule has 1 aromatic heterocycles. The first kappa shape index (κ1) is 7.34. The average molecular weight is 165 g/mol. The average Bonchev–Trinajstić information content (AvgIpc) is 2.54. The number of allylic oxidation sites excluding steroid dienone is 2. The molecular weight excluding hydrogens is 154 g/mol. The van der Waals surface area contributed by atoms with Crippen molar-refractivity contribution < 1.29 is 4.42 Å². The van der Waals surface area contributed by atoms with E-state index in [1.54, 1.807) is 0 Å². The maximum atomic E-state index is 5.33. The molecule has 0 aromatic carbocycles. The second kappa shape index (κ2) is 2.97. The highest BCUT2D eigenvalue weighted by atomic mass is 16.4. The normalized spacial score (nSPS) is 22.8. The first-order valence-corrected chi connectivity index (χ1v) is 4.10. The second-order valence-corrected chi connectivity index (χ2v) is 2.96. The first-order chi connectivity index (χ1) is 5.86. The van der Waals surface area contributed by atoms with E-state index < -0.39 is 0 Å². The van der Waals surface area contributed by atoms with Gasteiger partial charge in [-0.15, -0.1) is 5.10 Å². The van der Waals surface area contributed by atoms with Crippen LogP contribution in [0.4, 0.5) is 6.01 Å².